The zero-order valence-electron chi connectivity index (χ0n) is 17.7. The molecule has 1 amide bonds. The Morgan fingerprint density at radius 3 is 2.76 bits per heavy atom. The molecule has 0 radical (unpaired) electrons. The Labute approximate surface area is 174 Å². The lowest BCUT2D eigenvalue weighted by Crippen LogP contribution is -2.40. The minimum atomic E-state index is 0.172. The molecule has 0 aromatic heterocycles. The minimum absolute atomic E-state index is 0.172. The first-order chi connectivity index (χ1) is 14.2. The highest BCUT2D eigenvalue weighted by Crippen LogP contribution is 2.24. The monoisotopic (exact) mass is 395 g/mol. The molecule has 0 aliphatic carbocycles. The molecule has 1 heterocycles. The molecule has 1 saturated heterocycles. The molecular formula is C25H33NO3. The summed E-state index contributed by atoms with van der Waals surface area (Å²) in [4.78, 5) is 13.6. The molecule has 0 bridgehead atoms. The van der Waals surface area contributed by atoms with E-state index in [-0.39, 0.29) is 5.91 Å². The first kappa shape index (κ1) is 21.2. The van der Waals surface area contributed by atoms with Crippen LogP contribution in [0.3, 0.4) is 0 Å². The fraction of sp³-hybridized carbons (Fsp3) is 0.480. The van der Waals surface area contributed by atoms with Crippen LogP contribution in [0.25, 0.3) is 0 Å². The third-order valence-corrected chi connectivity index (χ3v) is 5.71. The number of nitrogens with zero attached hydrogens (tertiary/aromatic N) is 1. The van der Waals surface area contributed by atoms with Crippen molar-refractivity contribution in [2.75, 3.05) is 26.8 Å². The number of piperidine rings is 1. The molecule has 1 unspecified atom stereocenters. The third kappa shape index (κ3) is 6.52. The average Bonchev–Trinajstić information content (AvgIpc) is 2.76. The van der Waals surface area contributed by atoms with Gasteiger partial charge in [-0.05, 0) is 67.9 Å². The molecule has 1 fully saturated rings. The number of amides is 1. The Hall–Kier alpha value is -2.49. The second-order valence-corrected chi connectivity index (χ2v) is 7.95. The highest BCUT2D eigenvalue weighted by Gasteiger charge is 2.22. The maximum absolute atomic E-state index is 11.6. The molecule has 2 aromatic rings. The lowest BCUT2D eigenvalue weighted by molar-refractivity contribution is -0.130. The third-order valence-electron chi connectivity index (χ3n) is 5.71. The fourth-order valence-electron chi connectivity index (χ4n) is 4.02. The van der Waals surface area contributed by atoms with Crippen LogP contribution in [-0.2, 0) is 17.6 Å². The van der Waals surface area contributed by atoms with Crippen LogP contribution in [0.5, 0.6) is 11.5 Å². The number of carbonyl (C=O) groups excluding carboxylic acids is 1. The molecule has 29 heavy (non-hydrogen) atoms. The van der Waals surface area contributed by atoms with Gasteiger partial charge >= 0.3 is 0 Å². The summed E-state index contributed by atoms with van der Waals surface area (Å²) in [6.45, 7) is 4.04. The number of hydrogen-bond acceptors (Lipinski definition) is 3. The number of ether oxygens (including phenoxy) is 2. The fourth-order valence-corrected chi connectivity index (χ4v) is 4.02. The lowest BCUT2D eigenvalue weighted by atomic mass is 9.99. The van der Waals surface area contributed by atoms with Gasteiger partial charge in [0.05, 0.1) is 13.7 Å². The number of carbonyl (C=O) groups is 1. The molecule has 1 atom stereocenters. The number of rotatable bonds is 9. The first-order valence-electron chi connectivity index (χ1n) is 10.7. The van der Waals surface area contributed by atoms with Gasteiger partial charge in [-0.25, -0.2) is 0 Å². The van der Waals surface area contributed by atoms with Gasteiger partial charge in [-0.2, -0.15) is 0 Å². The van der Waals surface area contributed by atoms with Gasteiger partial charge < -0.3 is 14.4 Å². The van der Waals surface area contributed by atoms with E-state index >= 15 is 0 Å². The molecule has 0 saturated carbocycles. The van der Waals surface area contributed by atoms with Crippen LogP contribution in [0.4, 0.5) is 0 Å². The summed E-state index contributed by atoms with van der Waals surface area (Å²) in [5.74, 6) is 2.51. The number of benzene rings is 2. The number of aryl methyl sites for hydroxylation is 2. The van der Waals surface area contributed by atoms with Crippen LogP contribution in [-0.4, -0.2) is 37.6 Å². The van der Waals surface area contributed by atoms with E-state index in [1.54, 1.807) is 14.0 Å². The van der Waals surface area contributed by atoms with E-state index in [0.717, 1.165) is 63.1 Å². The van der Waals surface area contributed by atoms with Gasteiger partial charge in [0.2, 0.25) is 5.91 Å². The smallest absolute Gasteiger partial charge is 0.219 e. The number of para-hydroxylation sites is 1. The van der Waals surface area contributed by atoms with E-state index in [0.29, 0.717) is 12.5 Å². The minimum Gasteiger partial charge on any atom is -0.497 e. The van der Waals surface area contributed by atoms with Crippen molar-refractivity contribution >= 4 is 5.91 Å². The van der Waals surface area contributed by atoms with Gasteiger partial charge in [0.15, 0.2) is 0 Å². The van der Waals surface area contributed by atoms with Gasteiger partial charge in [0, 0.05) is 25.9 Å². The maximum Gasteiger partial charge on any atom is 0.219 e. The van der Waals surface area contributed by atoms with Gasteiger partial charge in [-0.1, -0.05) is 30.3 Å². The molecule has 0 spiro atoms. The van der Waals surface area contributed by atoms with E-state index in [4.69, 9.17) is 9.47 Å². The highest BCUT2D eigenvalue weighted by molar-refractivity contribution is 5.73. The molecular weight excluding hydrogens is 362 g/mol. The molecule has 0 N–H and O–H groups in total. The summed E-state index contributed by atoms with van der Waals surface area (Å²) in [5.41, 5.74) is 2.60. The highest BCUT2D eigenvalue weighted by atomic mass is 16.5. The van der Waals surface area contributed by atoms with Gasteiger partial charge in [0.25, 0.3) is 0 Å². The van der Waals surface area contributed by atoms with Gasteiger partial charge in [-0.3, -0.25) is 4.79 Å². The average molecular weight is 396 g/mol. The van der Waals surface area contributed by atoms with E-state index < -0.39 is 0 Å². The van der Waals surface area contributed by atoms with Crippen LogP contribution >= 0.6 is 0 Å². The quantitative estimate of drug-likeness (QED) is 0.567. The van der Waals surface area contributed by atoms with Crippen molar-refractivity contribution in [1.29, 1.82) is 0 Å². The number of methoxy groups -OCH3 is 1. The van der Waals surface area contributed by atoms with Gasteiger partial charge in [0.1, 0.15) is 11.5 Å². The molecule has 2 aromatic carbocycles. The van der Waals surface area contributed by atoms with E-state index in [9.17, 15) is 4.79 Å². The SMILES string of the molecule is COc1cccc(CCCCc2ccccc2OCC2CCCN(C(C)=O)C2)c1. The zero-order valence-corrected chi connectivity index (χ0v) is 17.7. The Balaban J connectivity index is 1.46. The second-order valence-electron chi connectivity index (χ2n) is 7.95. The molecule has 156 valence electrons. The lowest BCUT2D eigenvalue weighted by Gasteiger charge is -2.32. The predicted molar refractivity (Wildman–Crippen MR) is 117 cm³/mol. The largest absolute Gasteiger partial charge is 0.497 e. The van der Waals surface area contributed by atoms with Crippen LogP contribution in [0.15, 0.2) is 48.5 Å². The summed E-state index contributed by atoms with van der Waals surface area (Å²) < 4.78 is 11.5. The number of likely N-dealkylation sites (tertiary alicyclic amines) is 1. The topological polar surface area (TPSA) is 38.8 Å². The van der Waals surface area contributed by atoms with Crippen molar-refractivity contribution in [3.8, 4) is 11.5 Å². The second kappa shape index (κ2) is 10.9. The molecule has 4 heteroatoms. The maximum atomic E-state index is 11.6. The van der Waals surface area contributed by atoms with Crippen LogP contribution < -0.4 is 9.47 Å². The van der Waals surface area contributed by atoms with E-state index in [1.807, 2.05) is 17.0 Å². The number of hydrogen-bond donors (Lipinski definition) is 0. The van der Waals surface area contributed by atoms with Crippen LogP contribution in [0.1, 0.15) is 43.7 Å². The van der Waals surface area contributed by atoms with Gasteiger partial charge in [-0.15, -0.1) is 0 Å². The van der Waals surface area contributed by atoms with E-state index in [2.05, 4.69) is 36.4 Å². The molecule has 3 rings (SSSR count). The summed E-state index contributed by atoms with van der Waals surface area (Å²) in [5, 5.41) is 0. The molecule has 1 aliphatic heterocycles. The predicted octanol–water partition coefficient (Wildman–Crippen LogP) is 4.90. The van der Waals surface area contributed by atoms with Crippen molar-refractivity contribution in [1.82, 2.24) is 4.90 Å². The standard InChI is InChI=1S/C25H33NO3/c1-20(27)26-16-8-11-22(18-26)19-29-25-15-6-5-13-23(25)12-4-3-9-21-10-7-14-24(17-21)28-2/h5-7,10,13-15,17,22H,3-4,8-9,11-12,16,18-19H2,1-2H3. The molecule has 4 nitrogen and oxygen atoms in total. The number of unbranched alkanes of at least 4 members (excludes halogenated alkanes) is 1. The summed E-state index contributed by atoms with van der Waals surface area (Å²) in [6.07, 6.45) is 6.54. The van der Waals surface area contributed by atoms with Crippen molar-refractivity contribution in [2.45, 2.75) is 45.4 Å². The summed E-state index contributed by atoms with van der Waals surface area (Å²) in [6, 6.07) is 16.7. The Kier molecular flexibility index (Phi) is 7.97. The summed E-state index contributed by atoms with van der Waals surface area (Å²) >= 11 is 0. The first-order valence-corrected chi connectivity index (χ1v) is 10.7. The van der Waals surface area contributed by atoms with Crippen molar-refractivity contribution < 1.29 is 14.3 Å². The zero-order chi connectivity index (χ0) is 20.5. The Morgan fingerprint density at radius 2 is 1.93 bits per heavy atom. The summed E-state index contributed by atoms with van der Waals surface area (Å²) in [7, 11) is 1.71. The Morgan fingerprint density at radius 1 is 1.10 bits per heavy atom. The van der Waals surface area contributed by atoms with Crippen molar-refractivity contribution in [3.63, 3.8) is 0 Å². The van der Waals surface area contributed by atoms with Crippen molar-refractivity contribution in [3.05, 3.63) is 59.7 Å². The van der Waals surface area contributed by atoms with Crippen LogP contribution in [0, 0.1) is 5.92 Å². The van der Waals surface area contributed by atoms with Crippen molar-refractivity contribution in [2.24, 2.45) is 5.92 Å². The normalized spacial score (nSPS) is 16.5. The van der Waals surface area contributed by atoms with Crippen LogP contribution in [0.2, 0.25) is 0 Å². The Bertz CT molecular complexity index is 789. The molecule has 1 aliphatic rings. The van der Waals surface area contributed by atoms with E-state index in [1.165, 1.54) is 11.1 Å².